The zero-order valence-electron chi connectivity index (χ0n) is 16.4. The van der Waals surface area contributed by atoms with Gasteiger partial charge in [0.2, 0.25) is 5.91 Å². The molecule has 0 saturated heterocycles. The summed E-state index contributed by atoms with van der Waals surface area (Å²) in [4.78, 5) is 34.9. The van der Waals surface area contributed by atoms with E-state index < -0.39 is 0 Å². The van der Waals surface area contributed by atoms with Crippen molar-refractivity contribution in [2.75, 3.05) is 19.9 Å². The Labute approximate surface area is 182 Å². The van der Waals surface area contributed by atoms with E-state index in [2.05, 4.69) is 15.3 Å². The lowest BCUT2D eigenvalue weighted by atomic mass is 10.1. The van der Waals surface area contributed by atoms with Gasteiger partial charge in [-0.3, -0.25) is 9.59 Å². The monoisotopic (exact) mass is 449 g/mol. The number of ether oxygens (including phenoxy) is 1. The first kappa shape index (κ1) is 21.5. The lowest BCUT2D eigenvalue weighted by Gasteiger charge is -2.10. The van der Waals surface area contributed by atoms with Gasteiger partial charge in [-0.15, -0.1) is 11.3 Å². The Balaban J connectivity index is 1.83. The number of benzene rings is 1. The number of rotatable bonds is 7. The van der Waals surface area contributed by atoms with Gasteiger partial charge in [-0.25, -0.2) is 9.97 Å². The fourth-order valence-corrected chi connectivity index (χ4v) is 5.23. The number of carbonyl (C=O) groups excluding carboxylic acids is 2. The van der Waals surface area contributed by atoms with Gasteiger partial charge in [0.25, 0.3) is 0 Å². The third kappa shape index (κ3) is 4.55. The van der Waals surface area contributed by atoms with Crippen LogP contribution >= 0.6 is 34.7 Å². The number of methoxy groups -OCH3 is 1. The Morgan fingerprint density at radius 3 is 2.72 bits per heavy atom. The number of hydrogen-bond acceptors (Lipinski definition) is 7. The van der Waals surface area contributed by atoms with Gasteiger partial charge in [0.15, 0.2) is 5.78 Å². The van der Waals surface area contributed by atoms with E-state index in [-0.39, 0.29) is 23.4 Å². The molecule has 3 aromatic rings. The van der Waals surface area contributed by atoms with Crippen molar-refractivity contribution in [3.63, 3.8) is 0 Å². The molecule has 3 rings (SSSR count). The fraction of sp³-hybridized carbons (Fsp3) is 0.300. The largest absolute Gasteiger partial charge is 0.495 e. The highest BCUT2D eigenvalue weighted by Crippen LogP contribution is 2.37. The number of Topliss-reactive ketones (excluding diaryl/α,β-unsaturated/α-hetero) is 1. The molecule has 0 bridgehead atoms. The van der Waals surface area contributed by atoms with Crippen LogP contribution in [-0.2, 0) is 4.79 Å². The first-order valence-corrected chi connectivity index (χ1v) is 11.0. The van der Waals surface area contributed by atoms with Gasteiger partial charge in [0.1, 0.15) is 16.6 Å². The Kier molecular flexibility index (Phi) is 6.77. The lowest BCUT2D eigenvalue weighted by molar-refractivity contribution is -0.121. The summed E-state index contributed by atoms with van der Waals surface area (Å²) in [6, 6.07) is 7.18. The third-order valence-electron chi connectivity index (χ3n) is 4.37. The predicted molar refractivity (Wildman–Crippen MR) is 118 cm³/mol. The Morgan fingerprint density at radius 1 is 1.28 bits per heavy atom. The molecule has 0 aliphatic rings. The van der Waals surface area contributed by atoms with E-state index in [9.17, 15) is 9.59 Å². The zero-order valence-corrected chi connectivity index (χ0v) is 18.8. The topological polar surface area (TPSA) is 81.2 Å². The highest BCUT2D eigenvalue weighted by Gasteiger charge is 2.19. The van der Waals surface area contributed by atoms with Crippen LogP contribution in [0.2, 0.25) is 5.02 Å². The van der Waals surface area contributed by atoms with Crippen LogP contribution in [0.15, 0.2) is 29.3 Å². The van der Waals surface area contributed by atoms with E-state index in [1.165, 1.54) is 23.1 Å². The first-order valence-electron chi connectivity index (χ1n) is 8.83. The molecule has 2 aromatic heterocycles. The van der Waals surface area contributed by atoms with Crippen LogP contribution < -0.4 is 10.1 Å². The quantitative estimate of drug-likeness (QED) is 0.325. The van der Waals surface area contributed by atoms with Gasteiger partial charge in [0, 0.05) is 11.9 Å². The molecule has 1 unspecified atom stereocenters. The number of amides is 1. The molecule has 1 amide bonds. The SMILES string of the molecule is CNC(=O)C(C)c1ccc(C(=O)CSc2nc(C)nc3ccc(OC)c(Cl)c23)s1. The maximum Gasteiger partial charge on any atom is 0.227 e. The van der Waals surface area contributed by atoms with Crippen LogP contribution in [-0.4, -0.2) is 41.6 Å². The number of hydrogen-bond donors (Lipinski definition) is 1. The van der Waals surface area contributed by atoms with Gasteiger partial charge in [-0.2, -0.15) is 0 Å². The molecule has 152 valence electrons. The summed E-state index contributed by atoms with van der Waals surface area (Å²) < 4.78 is 5.29. The average Bonchev–Trinajstić information content (AvgIpc) is 3.21. The zero-order chi connectivity index (χ0) is 21.1. The standard InChI is InChI=1S/C20H20ClN3O3S2/c1-10(19(26)22-3)15-7-8-16(29-15)13(25)9-28-20-17-12(23-11(2)24-20)5-6-14(27-4)18(17)21/h5-8,10H,9H2,1-4H3,(H,22,26). The van der Waals surface area contributed by atoms with E-state index in [4.69, 9.17) is 16.3 Å². The van der Waals surface area contributed by atoms with Crippen LogP contribution in [0, 0.1) is 6.92 Å². The smallest absolute Gasteiger partial charge is 0.227 e. The molecule has 1 aromatic carbocycles. The summed E-state index contributed by atoms with van der Waals surface area (Å²) in [5.41, 5.74) is 0.705. The van der Waals surface area contributed by atoms with E-state index in [1.807, 2.05) is 19.1 Å². The first-order chi connectivity index (χ1) is 13.8. The van der Waals surface area contributed by atoms with E-state index >= 15 is 0 Å². The molecular weight excluding hydrogens is 430 g/mol. The van der Waals surface area contributed by atoms with Crippen molar-refractivity contribution < 1.29 is 14.3 Å². The Hall–Kier alpha value is -2.16. The third-order valence-corrected chi connectivity index (χ3v) is 7.03. The van der Waals surface area contributed by atoms with Crippen molar-refractivity contribution >= 4 is 57.3 Å². The molecule has 0 aliphatic carbocycles. The molecule has 6 nitrogen and oxygen atoms in total. The van der Waals surface area contributed by atoms with Gasteiger partial charge in [0.05, 0.1) is 39.6 Å². The number of nitrogens with zero attached hydrogens (tertiary/aromatic N) is 2. The fourth-order valence-electron chi connectivity index (χ4n) is 2.79. The minimum absolute atomic E-state index is 0.0289. The summed E-state index contributed by atoms with van der Waals surface area (Å²) in [5.74, 6) is 0.940. The normalized spacial score (nSPS) is 12.0. The van der Waals surface area contributed by atoms with Crippen molar-refractivity contribution in [2.24, 2.45) is 0 Å². The number of fused-ring (bicyclic) bond motifs is 1. The number of nitrogens with one attached hydrogen (secondary N) is 1. The summed E-state index contributed by atoms with van der Waals surface area (Å²) in [6.45, 7) is 3.62. The maximum atomic E-state index is 12.7. The van der Waals surface area contributed by atoms with E-state index in [0.717, 1.165) is 4.88 Å². The molecule has 29 heavy (non-hydrogen) atoms. The number of ketones is 1. The minimum Gasteiger partial charge on any atom is -0.495 e. The van der Waals surface area contributed by atoms with Crippen LogP contribution in [0.3, 0.4) is 0 Å². The van der Waals surface area contributed by atoms with Gasteiger partial charge < -0.3 is 10.1 Å². The average molecular weight is 450 g/mol. The van der Waals surface area contributed by atoms with E-state index in [1.54, 1.807) is 33.2 Å². The second-order valence-electron chi connectivity index (χ2n) is 6.30. The Bertz CT molecular complexity index is 1080. The van der Waals surface area contributed by atoms with Crippen LogP contribution in [0.1, 0.15) is 33.2 Å². The van der Waals surface area contributed by atoms with Crippen molar-refractivity contribution in [2.45, 2.75) is 24.8 Å². The number of thioether (sulfide) groups is 1. The van der Waals surface area contributed by atoms with Crippen LogP contribution in [0.4, 0.5) is 0 Å². The number of carbonyl (C=O) groups is 2. The second kappa shape index (κ2) is 9.11. The second-order valence-corrected chi connectivity index (χ2v) is 8.76. The summed E-state index contributed by atoms with van der Waals surface area (Å²) >= 11 is 9.13. The van der Waals surface area contributed by atoms with Crippen molar-refractivity contribution in [3.8, 4) is 5.75 Å². The number of halogens is 1. The number of thiophene rings is 1. The molecule has 1 N–H and O–H groups in total. The summed E-state index contributed by atoms with van der Waals surface area (Å²) in [6.07, 6.45) is 0. The molecule has 2 heterocycles. The molecule has 0 radical (unpaired) electrons. The van der Waals surface area contributed by atoms with Crippen molar-refractivity contribution in [3.05, 3.63) is 44.9 Å². The molecule has 0 spiro atoms. The Morgan fingerprint density at radius 2 is 2.03 bits per heavy atom. The summed E-state index contributed by atoms with van der Waals surface area (Å²) in [5, 5.41) is 4.37. The highest BCUT2D eigenvalue weighted by atomic mass is 35.5. The summed E-state index contributed by atoms with van der Waals surface area (Å²) in [7, 11) is 3.15. The number of likely N-dealkylation sites (N-methyl/N-ethyl adjacent to an activating group) is 1. The maximum absolute atomic E-state index is 12.7. The van der Waals surface area contributed by atoms with Crippen molar-refractivity contribution in [1.29, 1.82) is 0 Å². The van der Waals surface area contributed by atoms with Crippen molar-refractivity contribution in [1.82, 2.24) is 15.3 Å². The van der Waals surface area contributed by atoms with Gasteiger partial charge in [-0.05, 0) is 38.1 Å². The molecule has 0 fully saturated rings. The van der Waals surface area contributed by atoms with Crippen LogP contribution in [0.25, 0.3) is 10.9 Å². The lowest BCUT2D eigenvalue weighted by Crippen LogP contribution is -2.23. The van der Waals surface area contributed by atoms with Gasteiger partial charge in [-0.1, -0.05) is 23.4 Å². The number of aryl methyl sites for hydroxylation is 1. The van der Waals surface area contributed by atoms with E-state index in [0.29, 0.717) is 37.4 Å². The highest BCUT2D eigenvalue weighted by molar-refractivity contribution is 8.00. The molecule has 9 heteroatoms. The van der Waals surface area contributed by atoms with Crippen LogP contribution in [0.5, 0.6) is 5.75 Å². The molecular formula is C20H20ClN3O3S2. The van der Waals surface area contributed by atoms with Gasteiger partial charge >= 0.3 is 0 Å². The minimum atomic E-state index is -0.293. The molecule has 1 atom stereocenters. The number of aromatic nitrogens is 2. The molecule has 0 saturated carbocycles. The predicted octanol–water partition coefficient (Wildman–Crippen LogP) is 4.49. The molecule has 0 aliphatic heterocycles.